The van der Waals surface area contributed by atoms with E-state index in [0.717, 1.165) is 5.56 Å². The van der Waals surface area contributed by atoms with Gasteiger partial charge in [0.1, 0.15) is 5.75 Å². The average molecular weight is 346 g/mol. The van der Waals surface area contributed by atoms with Crippen LogP contribution in [-0.2, 0) is 4.79 Å². The van der Waals surface area contributed by atoms with E-state index in [1.165, 1.54) is 11.1 Å². The van der Waals surface area contributed by atoms with Crippen molar-refractivity contribution in [2.24, 2.45) is 0 Å². The van der Waals surface area contributed by atoms with Crippen LogP contribution in [0, 0.1) is 13.8 Å². The summed E-state index contributed by atoms with van der Waals surface area (Å²) in [6.07, 6.45) is -0.604. The Bertz CT molecular complexity index is 740. The van der Waals surface area contributed by atoms with Crippen LogP contribution in [0.3, 0.4) is 0 Å². The lowest BCUT2D eigenvalue weighted by molar-refractivity contribution is -0.122. The normalized spacial score (nSPS) is 12.1. The van der Waals surface area contributed by atoms with Gasteiger partial charge >= 0.3 is 0 Å². The van der Waals surface area contributed by atoms with Crippen LogP contribution in [0.4, 0.5) is 5.69 Å². The fourth-order valence-corrected chi connectivity index (χ4v) is 2.76. The molecule has 0 radical (unpaired) electrons. The smallest absolute Gasteiger partial charge is 0.265 e. The highest BCUT2D eigenvalue weighted by atomic mass is 35.5. The van der Waals surface area contributed by atoms with Crippen LogP contribution in [-0.4, -0.2) is 12.0 Å². The van der Waals surface area contributed by atoms with Crippen molar-refractivity contribution in [1.82, 2.24) is 0 Å². The van der Waals surface area contributed by atoms with Crippen LogP contribution >= 0.6 is 11.6 Å². The summed E-state index contributed by atoms with van der Waals surface area (Å²) in [6.45, 7) is 10.0. The van der Waals surface area contributed by atoms with Crippen molar-refractivity contribution in [1.29, 1.82) is 0 Å². The Hall–Kier alpha value is -2.00. The van der Waals surface area contributed by atoms with Crippen LogP contribution in [0.5, 0.6) is 5.75 Å². The zero-order valence-corrected chi connectivity index (χ0v) is 15.6. The third kappa shape index (κ3) is 4.51. The molecular weight excluding hydrogens is 322 g/mol. The maximum Gasteiger partial charge on any atom is 0.265 e. The molecule has 4 heteroatoms. The predicted octanol–water partition coefficient (Wildman–Crippen LogP) is 5.49. The Morgan fingerprint density at radius 3 is 2.38 bits per heavy atom. The molecule has 0 fully saturated rings. The number of amides is 1. The first-order valence-electron chi connectivity index (χ1n) is 8.12. The van der Waals surface area contributed by atoms with Crippen molar-refractivity contribution in [2.75, 3.05) is 5.32 Å². The zero-order valence-electron chi connectivity index (χ0n) is 14.8. The van der Waals surface area contributed by atoms with E-state index in [9.17, 15) is 4.79 Å². The molecule has 2 rings (SSSR count). The van der Waals surface area contributed by atoms with Gasteiger partial charge in [-0.3, -0.25) is 4.79 Å². The number of halogens is 1. The van der Waals surface area contributed by atoms with Crippen LogP contribution < -0.4 is 10.1 Å². The van der Waals surface area contributed by atoms with Gasteiger partial charge in [-0.05, 0) is 67.6 Å². The Morgan fingerprint density at radius 2 is 1.75 bits per heavy atom. The molecular formula is C20H24ClNO2. The first-order valence-corrected chi connectivity index (χ1v) is 8.50. The molecule has 0 spiro atoms. The fraction of sp³-hybridized carbons (Fsp3) is 0.350. The van der Waals surface area contributed by atoms with E-state index in [0.29, 0.717) is 22.4 Å². The summed E-state index contributed by atoms with van der Waals surface area (Å²) in [5, 5.41) is 3.45. The van der Waals surface area contributed by atoms with E-state index in [2.05, 4.69) is 32.2 Å². The van der Waals surface area contributed by atoms with Crippen molar-refractivity contribution in [3.63, 3.8) is 0 Å². The molecule has 128 valence electrons. The molecule has 1 unspecified atom stereocenters. The van der Waals surface area contributed by atoms with E-state index in [1.807, 2.05) is 25.1 Å². The molecule has 0 bridgehead atoms. The number of nitrogens with one attached hydrogen (secondary N) is 1. The molecule has 1 amide bonds. The second kappa shape index (κ2) is 7.71. The highest BCUT2D eigenvalue weighted by Crippen LogP contribution is 2.25. The van der Waals surface area contributed by atoms with Crippen LogP contribution in [0.25, 0.3) is 0 Å². The molecule has 0 saturated carbocycles. The van der Waals surface area contributed by atoms with Gasteiger partial charge in [0.2, 0.25) is 0 Å². The maximum absolute atomic E-state index is 12.4. The SMILES string of the molecule is Cc1ccc(Cl)cc1NC(=O)C(C)Oc1ccc(C(C)C)c(C)c1. The molecule has 0 heterocycles. The number of carbonyl (C=O) groups is 1. The van der Waals surface area contributed by atoms with Crippen LogP contribution in [0.2, 0.25) is 5.02 Å². The van der Waals surface area contributed by atoms with Gasteiger partial charge < -0.3 is 10.1 Å². The number of hydrogen-bond donors (Lipinski definition) is 1. The summed E-state index contributed by atoms with van der Waals surface area (Å²) in [5.74, 6) is 0.957. The Labute approximate surface area is 149 Å². The Morgan fingerprint density at radius 1 is 1.04 bits per heavy atom. The lowest BCUT2D eigenvalue weighted by Gasteiger charge is -2.17. The second-order valence-electron chi connectivity index (χ2n) is 6.38. The van der Waals surface area contributed by atoms with Crippen molar-refractivity contribution in [3.05, 3.63) is 58.1 Å². The first-order chi connectivity index (χ1) is 11.3. The number of rotatable bonds is 5. The molecule has 0 aliphatic rings. The van der Waals surface area contributed by atoms with Gasteiger partial charge in [-0.1, -0.05) is 37.6 Å². The Kier molecular flexibility index (Phi) is 5.89. The van der Waals surface area contributed by atoms with Gasteiger partial charge in [-0.25, -0.2) is 0 Å². The lowest BCUT2D eigenvalue weighted by atomic mass is 9.98. The standard InChI is InChI=1S/C20H24ClNO2/c1-12(2)18-9-8-17(10-14(18)4)24-15(5)20(23)22-19-11-16(21)7-6-13(19)3/h6-12,15H,1-5H3,(H,22,23). The molecule has 2 aromatic rings. The molecule has 1 N–H and O–H groups in total. The summed E-state index contributed by atoms with van der Waals surface area (Å²) in [7, 11) is 0. The van der Waals surface area contributed by atoms with E-state index in [4.69, 9.17) is 16.3 Å². The first kappa shape index (κ1) is 18.3. The summed E-state index contributed by atoms with van der Waals surface area (Å²) < 4.78 is 5.79. The highest BCUT2D eigenvalue weighted by molar-refractivity contribution is 6.31. The molecule has 0 aliphatic heterocycles. The molecule has 0 aromatic heterocycles. The van der Waals surface area contributed by atoms with Gasteiger partial charge in [0.05, 0.1) is 0 Å². The van der Waals surface area contributed by atoms with Crippen LogP contribution in [0.15, 0.2) is 36.4 Å². The van der Waals surface area contributed by atoms with E-state index in [1.54, 1.807) is 19.1 Å². The number of carbonyl (C=O) groups excluding carboxylic acids is 1. The van der Waals surface area contributed by atoms with Crippen molar-refractivity contribution < 1.29 is 9.53 Å². The van der Waals surface area contributed by atoms with Gasteiger partial charge in [0, 0.05) is 10.7 Å². The van der Waals surface area contributed by atoms with Gasteiger partial charge in [0.15, 0.2) is 6.10 Å². The summed E-state index contributed by atoms with van der Waals surface area (Å²) >= 11 is 5.98. The van der Waals surface area contributed by atoms with Gasteiger partial charge in [0.25, 0.3) is 5.91 Å². The number of anilines is 1. The highest BCUT2D eigenvalue weighted by Gasteiger charge is 2.16. The summed E-state index contributed by atoms with van der Waals surface area (Å²) in [6, 6.07) is 11.4. The number of aryl methyl sites for hydroxylation is 2. The van der Waals surface area contributed by atoms with Gasteiger partial charge in [-0.2, -0.15) is 0 Å². The fourth-order valence-electron chi connectivity index (χ4n) is 2.59. The molecule has 2 aromatic carbocycles. The topological polar surface area (TPSA) is 38.3 Å². The monoisotopic (exact) mass is 345 g/mol. The summed E-state index contributed by atoms with van der Waals surface area (Å²) in [4.78, 5) is 12.4. The predicted molar refractivity (Wildman–Crippen MR) is 100 cm³/mol. The minimum Gasteiger partial charge on any atom is -0.481 e. The quantitative estimate of drug-likeness (QED) is 0.778. The average Bonchev–Trinajstić information content (AvgIpc) is 2.50. The molecule has 0 aliphatic carbocycles. The molecule has 1 atom stereocenters. The maximum atomic E-state index is 12.4. The number of benzene rings is 2. The summed E-state index contributed by atoms with van der Waals surface area (Å²) in [5.41, 5.74) is 4.11. The minimum absolute atomic E-state index is 0.203. The zero-order chi connectivity index (χ0) is 17.9. The van der Waals surface area contributed by atoms with Crippen molar-refractivity contribution in [2.45, 2.75) is 46.6 Å². The number of ether oxygens (including phenoxy) is 1. The number of hydrogen-bond acceptors (Lipinski definition) is 2. The van der Waals surface area contributed by atoms with E-state index >= 15 is 0 Å². The Balaban J connectivity index is 2.06. The minimum atomic E-state index is -0.604. The van der Waals surface area contributed by atoms with Crippen LogP contribution in [0.1, 0.15) is 43.4 Å². The molecule has 24 heavy (non-hydrogen) atoms. The van der Waals surface area contributed by atoms with Crippen molar-refractivity contribution in [3.8, 4) is 5.75 Å². The van der Waals surface area contributed by atoms with E-state index in [-0.39, 0.29) is 5.91 Å². The molecule has 0 saturated heterocycles. The van der Waals surface area contributed by atoms with Crippen molar-refractivity contribution >= 4 is 23.2 Å². The third-order valence-electron chi connectivity index (χ3n) is 4.00. The largest absolute Gasteiger partial charge is 0.481 e. The van der Waals surface area contributed by atoms with E-state index < -0.39 is 6.10 Å². The lowest BCUT2D eigenvalue weighted by Crippen LogP contribution is -2.30. The third-order valence-corrected chi connectivity index (χ3v) is 4.24. The van der Waals surface area contributed by atoms with Gasteiger partial charge in [-0.15, -0.1) is 0 Å². The molecule has 3 nitrogen and oxygen atoms in total. The second-order valence-corrected chi connectivity index (χ2v) is 6.82.